The second-order valence-electron chi connectivity index (χ2n) is 4.72. The minimum atomic E-state index is -3.03. The van der Waals surface area contributed by atoms with Gasteiger partial charge < -0.3 is 9.84 Å². The van der Waals surface area contributed by atoms with Crippen LogP contribution in [0.1, 0.15) is 37.5 Å². The van der Waals surface area contributed by atoms with Gasteiger partial charge in [-0.3, -0.25) is 0 Å². The highest BCUT2D eigenvalue weighted by atomic mass is 32.2. The minimum Gasteiger partial charge on any atom is -0.492 e. The van der Waals surface area contributed by atoms with Crippen molar-refractivity contribution in [2.75, 3.05) is 18.1 Å². The molecule has 1 atom stereocenters. The Kier molecular flexibility index (Phi) is 5.82. The fourth-order valence-electron chi connectivity index (χ4n) is 1.82. The Bertz CT molecular complexity index is 506. The van der Waals surface area contributed by atoms with Crippen molar-refractivity contribution in [3.8, 4) is 5.75 Å². The summed E-state index contributed by atoms with van der Waals surface area (Å²) in [6.07, 6.45) is -0.0200. The quantitative estimate of drug-likeness (QED) is 0.835. The van der Waals surface area contributed by atoms with Crippen LogP contribution in [0.15, 0.2) is 18.2 Å². The third-order valence-corrected chi connectivity index (χ3v) is 4.60. The zero-order chi connectivity index (χ0) is 14.5. The monoisotopic (exact) mass is 286 g/mol. The average Bonchev–Trinajstić information content (AvgIpc) is 2.30. The highest BCUT2D eigenvalue weighted by Crippen LogP contribution is 2.26. The summed E-state index contributed by atoms with van der Waals surface area (Å²) in [6.45, 7) is 5.55. The van der Waals surface area contributed by atoms with E-state index in [0.717, 1.165) is 5.56 Å². The van der Waals surface area contributed by atoms with Crippen molar-refractivity contribution >= 4 is 9.84 Å². The van der Waals surface area contributed by atoms with Gasteiger partial charge >= 0.3 is 0 Å². The Balaban J connectivity index is 2.68. The molecule has 19 heavy (non-hydrogen) atoms. The molecule has 1 rings (SSSR count). The minimum absolute atomic E-state index is 0.00790. The molecule has 0 aromatic heterocycles. The van der Waals surface area contributed by atoms with Crippen molar-refractivity contribution in [3.63, 3.8) is 0 Å². The smallest absolute Gasteiger partial charge is 0.153 e. The number of ether oxygens (including phenoxy) is 1. The molecule has 0 saturated heterocycles. The molecule has 0 aliphatic heterocycles. The normalized spacial score (nSPS) is 13.3. The van der Waals surface area contributed by atoms with Crippen molar-refractivity contribution in [2.24, 2.45) is 0 Å². The Labute approximate surface area is 115 Å². The van der Waals surface area contributed by atoms with E-state index in [1.807, 2.05) is 26.0 Å². The summed E-state index contributed by atoms with van der Waals surface area (Å²) < 4.78 is 28.6. The lowest BCUT2D eigenvalue weighted by molar-refractivity contribution is 0.192. The molecule has 1 aromatic carbocycles. The summed E-state index contributed by atoms with van der Waals surface area (Å²) in [4.78, 5) is 0. The van der Waals surface area contributed by atoms with E-state index in [-0.39, 0.29) is 18.1 Å². The van der Waals surface area contributed by atoms with Crippen molar-refractivity contribution in [1.29, 1.82) is 0 Å². The van der Waals surface area contributed by atoms with Gasteiger partial charge in [-0.15, -0.1) is 0 Å². The molecule has 108 valence electrons. The van der Waals surface area contributed by atoms with Crippen molar-refractivity contribution in [3.05, 3.63) is 29.3 Å². The Morgan fingerprint density at radius 3 is 2.58 bits per heavy atom. The summed E-state index contributed by atoms with van der Waals surface area (Å²) in [5, 5.41) is 9.67. The maximum atomic E-state index is 11.6. The fraction of sp³-hybridized carbons (Fsp3) is 0.571. The number of aliphatic hydroxyl groups excluding tert-OH is 1. The van der Waals surface area contributed by atoms with E-state index in [0.29, 0.717) is 17.7 Å². The molecule has 4 nitrogen and oxygen atoms in total. The highest BCUT2D eigenvalue weighted by Gasteiger charge is 2.12. The fourth-order valence-corrected chi connectivity index (χ4v) is 2.98. The molecule has 0 radical (unpaired) electrons. The van der Waals surface area contributed by atoms with E-state index >= 15 is 0 Å². The van der Waals surface area contributed by atoms with E-state index in [1.165, 1.54) is 0 Å². The molecular formula is C14H22O4S. The SMILES string of the molecule is CCCS(=O)(=O)CCOc1ccc(C)cc1C(C)O. The molecule has 1 unspecified atom stereocenters. The predicted octanol–water partition coefficient (Wildman–Crippen LogP) is 2.25. The van der Waals surface area contributed by atoms with Crippen LogP contribution < -0.4 is 4.74 Å². The lowest BCUT2D eigenvalue weighted by Crippen LogP contribution is -2.17. The zero-order valence-electron chi connectivity index (χ0n) is 11.7. The maximum Gasteiger partial charge on any atom is 0.153 e. The summed E-state index contributed by atoms with van der Waals surface area (Å²) in [5.74, 6) is 0.744. The standard InChI is InChI=1S/C14H22O4S/c1-4-8-19(16,17)9-7-18-14-6-5-11(2)10-13(14)12(3)15/h5-6,10,12,15H,4,7-9H2,1-3H3. The maximum absolute atomic E-state index is 11.6. The van der Waals surface area contributed by atoms with Gasteiger partial charge in [-0.05, 0) is 32.4 Å². The van der Waals surface area contributed by atoms with E-state index in [9.17, 15) is 13.5 Å². The summed E-state index contributed by atoms with van der Waals surface area (Å²) >= 11 is 0. The lowest BCUT2D eigenvalue weighted by atomic mass is 10.1. The Hall–Kier alpha value is -1.07. The van der Waals surface area contributed by atoms with E-state index < -0.39 is 15.9 Å². The number of hydrogen-bond donors (Lipinski definition) is 1. The van der Waals surface area contributed by atoms with Gasteiger partial charge in [-0.1, -0.05) is 18.6 Å². The van der Waals surface area contributed by atoms with Crippen molar-refractivity contribution < 1.29 is 18.3 Å². The van der Waals surface area contributed by atoms with Crippen molar-refractivity contribution in [2.45, 2.75) is 33.3 Å². The van der Waals surface area contributed by atoms with E-state index in [2.05, 4.69) is 0 Å². The number of sulfone groups is 1. The van der Waals surface area contributed by atoms with Crippen LogP contribution in [0.3, 0.4) is 0 Å². The first-order chi connectivity index (χ1) is 8.85. The number of aliphatic hydroxyl groups is 1. The van der Waals surface area contributed by atoms with Gasteiger partial charge in [-0.2, -0.15) is 0 Å². The molecule has 0 bridgehead atoms. The van der Waals surface area contributed by atoms with Crippen LogP contribution in [0.2, 0.25) is 0 Å². The molecule has 0 saturated carbocycles. The van der Waals surface area contributed by atoms with Gasteiger partial charge in [0, 0.05) is 5.56 Å². The highest BCUT2D eigenvalue weighted by molar-refractivity contribution is 7.91. The number of rotatable bonds is 7. The number of hydrogen-bond acceptors (Lipinski definition) is 4. The second-order valence-corrected chi connectivity index (χ2v) is 7.02. The first-order valence-electron chi connectivity index (χ1n) is 6.47. The van der Waals surface area contributed by atoms with Crippen molar-refractivity contribution in [1.82, 2.24) is 0 Å². The molecule has 1 N–H and O–H groups in total. The first-order valence-corrected chi connectivity index (χ1v) is 8.29. The third kappa shape index (κ3) is 5.20. The zero-order valence-corrected chi connectivity index (χ0v) is 12.5. The van der Waals surface area contributed by atoms with Crippen LogP contribution >= 0.6 is 0 Å². The second kappa shape index (κ2) is 6.91. The van der Waals surface area contributed by atoms with Crippen LogP contribution in [0.5, 0.6) is 5.75 Å². The average molecular weight is 286 g/mol. The molecular weight excluding hydrogens is 264 g/mol. The molecule has 0 heterocycles. The van der Waals surface area contributed by atoms with Gasteiger partial charge in [0.05, 0.1) is 17.6 Å². The van der Waals surface area contributed by atoms with Crippen LogP contribution in [-0.4, -0.2) is 31.6 Å². The van der Waals surface area contributed by atoms with Gasteiger partial charge in [0.2, 0.25) is 0 Å². The molecule has 5 heteroatoms. The molecule has 1 aromatic rings. The third-order valence-electron chi connectivity index (χ3n) is 2.78. The van der Waals surface area contributed by atoms with Gasteiger partial charge in [0.15, 0.2) is 9.84 Å². The number of aryl methyl sites for hydroxylation is 1. The molecule has 0 amide bonds. The van der Waals surface area contributed by atoms with Gasteiger partial charge in [-0.25, -0.2) is 8.42 Å². The predicted molar refractivity (Wildman–Crippen MR) is 76.3 cm³/mol. The topological polar surface area (TPSA) is 63.6 Å². The van der Waals surface area contributed by atoms with E-state index in [1.54, 1.807) is 13.0 Å². The van der Waals surface area contributed by atoms with Gasteiger partial charge in [0.1, 0.15) is 12.4 Å². The Morgan fingerprint density at radius 1 is 1.32 bits per heavy atom. The van der Waals surface area contributed by atoms with Crippen LogP contribution in [0.4, 0.5) is 0 Å². The first kappa shape index (κ1) is 16.0. The molecule has 0 aliphatic carbocycles. The molecule has 0 spiro atoms. The molecule has 0 fully saturated rings. The number of benzene rings is 1. The lowest BCUT2D eigenvalue weighted by Gasteiger charge is -2.14. The van der Waals surface area contributed by atoms with Crippen LogP contribution in [0, 0.1) is 6.92 Å². The largest absolute Gasteiger partial charge is 0.492 e. The van der Waals surface area contributed by atoms with Gasteiger partial charge in [0.25, 0.3) is 0 Å². The van der Waals surface area contributed by atoms with Crippen LogP contribution in [-0.2, 0) is 9.84 Å². The molecule has 0 aliphatic rings. The van der Waals surface area contributed by atoms with E-state index in [4.69, 9.17) is 4.74 Å². The Morgan fingerprint density at radius 2 is 2.00 bits per heavy atom. The summed E-state index contributed by atoms with van der Waals surface area (Å²) in [7, 11) is -3.03. The summed E-state index contributed by atoms with van der Waals surface area (Å²) in [5.41, 5.74) is 1.72. The van der Waals surface area contributed by atoms with Crippen LogP contribution in [0.25, 0.3) is 0 Å². The summed E-state index contributed by atoms with van der Waals surface area (Å²) in [6, 6.07) is 5.49.